The summed E-state index contributed by atoms with van der Waals surface area (Å²) in [6.45, 7) is 5.46. The highest BCUT2D eigenvalue weighted by atomic mass is 16.5. The Bertz CT molecular complexity index is 141. The lowest BCUT2D eigenvalue weighted by Crippen LogP contribution is -2.10. The van der Waals surface area contributed by atoms with E-state index in [4.69, 9.17) is 9.84 Å². The molecule has 0 aliphatic rings. The van der Waals surface area contributed by atoms with Crippen LogP contribution in [0.3, 0.4) is 0 Å². The topological polar surface area (TPSA) is 46.5 Å². The summed E-state index contributed by atoms with van der Waals surface area (Å²) in [5.41, 5.74) is 0. The zero-order chi connectivity index (χ0) is 9.40. The summed E-state index contributed by atoms with van der Waals surface area (Å²) in [5, 5.41) is 8.83. The van der Waals surface area contributed by atoms with E-state index in [1.807, 2.05) is 0 Å². The molecule has 0 aromatic heterocycles. The third kappa shape index (κ3) is 7.28. The first-order valence-electron chi connectivity index (χ1n) is 4.11. The summed E-state index contributed by atoms with van der Waals surface area (Å²) in [6.07, 6.45) is 2.80. The molecule has 0 spiro atoms. The molecule has 0 radical (unpaired) electrons. The lowest BCUT2D eigenvalue weighted by molar-refractivity contribution is -0.144. The molecule has 0 amide bonds. The van der Waals surface area contributed by atoms with E-state index in [2.05, 4.69) is 6.58 Å². The van der Waals surface area contributed by atoms with Gasteiger partial charge in [0, 0.05) is 12.8 Å². The largest absolute Gasteiger partial charge is 0.466 e. The first-order valence-corrected chi connectivity index (χ1v) is 4.11. The summed E-state index contributed by atoms with van der Waals surface area (Å²) < 4.78 is 4.81. The minimum absolute atomic E-state index is 0.226. The summed E-state index contributed by atoms with van der Waals surface area (Å²) >= 11 is 0. The van der Waals surface area contributed by atoms with Crippen molar-refractivity contribution in [2.75, 3.05) is 6.61 Å². The Labute approximate surface area is 73.0 Å². The van der Waals surface area contributed by atoms with E-state index >= 15 is 0 Å². The first kappa shape index (κ1) is 11.2. The van der Waals surface area contributed by atoms with Crippen LogP contribution in [0.15, 0.2) is 12.7 Å². The Balaban J connectivity index is 3.25. The number of rotatable bonds is 6. The van der Waals surface area contributed by atoms with Crippen LogP contribution in [-0.2, 0) is 9.53 Å². The van der Waals surface area contributed by atoms with Gasteiger partial charge in [-0.3, -0.25) is 4.79 Å². The SMILES string of the molecule is C=CCCC(=O)OCCC(C)O. The van der Waals surface area contributed by atoms with Crippen molar-refractivity contribution in [3.8, 4) is 0 Å². The van der Waals surface area contributed by atoms with E-state index in [1.54, 1.807) is 13.0 Å². The number of carbonyl (C=O) groups is 1. The van der Waals surface area contributed by atoms with Crippen LogP contribution in [0.4, 0.5) is 0 Å². The minimum Gasteiger partial charge on any atom is -0.466 e. The van der Waals surface area contributed by atoms with Crippen LogP contribution >= 0.6 is 0 Å². The van der Waals surface area contributed by atoms with Gasteiger partial charge in [-0.05, 0) is 13.3 Å². The Hall–Kier alpha value is -0.830. The van der Waals surface area contributed by atoms with E-state index in [0.717, 1.165) is 0 Å². The number of esters is 1. The summed E-state index contributed by atoms with van der Waals surface area (Å²) in [6, 6.07) is 0. The number of aliphatic hydroxyl groups excluding tert-OH is 1. The molecular formula is C9H16O3. The number of hydrogen-bond donors (Lipinski definition) is 1. The molecule has 0 aliphatic carbocycles. The van der Waals surface area contributed by atoms with Gasteiger partial charge in [0.25, 0.3) is 0 Å². The fourth-order valence-electron chi connectivity index (χ4n) is 0.635. The molecule has 0 aliphatic heterocycles. The zero-order valence-corrected chi connectivity index (χ0v) is 7.45. The molecule has 1 atom stereocenters. The zero-order valence-electron chi connectivity index (χ0n) is 7.45. The third-order valence-corrected chi connectivity index (χ3v) is 1.35. The molecular weight excluding hydrogens is 156 g/mol. The highest BCUT2D eigenvalue weighted by Gasteiger charge is 2.01. The summed E-state index contributed by atoms with van der Waals surface area (Å²) in [7, 11) is 0. The van der Waals surface area contributed by atoms with Crippen LogP contribution in [0.1, 0.15) is 26.2 Å². The Morgan fingerprint density at radius 2 is 2.42 bits per heavy atom. The summed E-state index contributed by atoms with van der Waals surface area (Å²) in [4.78, 5) is 10.8. The number of aliphatic hydroxyl groups is 1. The lowest BCUT2D eigenvalue weighted by atomic mass is 10.3. The molecule has 3 nitrogen and oxygen atoms in total. The van der Waals surface area contributed by atoms with Gasteiger partial charge >= 0.3 is 5.97 Å². The van der Waals surface area contributed by atoms with E-state index in [9.17, 15) is 4.79 Å². The second-order valence-electron chi connectivity index (χ2n) is 2.69. The average molecular weight is 172 g/mol. The van der Waals surface area contributed by atoms with Gasteiger partial charge in [-0.25, -0.2) is 0 Å². The van der Waals surface area contributed by atoms with Crippen molar-refractivity contribution in [1.82, 2.24) is 0 Å². The van der Waals surface area contributed by atoms with Crippen molar-refractivity contribution >= 4 is 5.97 Å². The van der Waals surface area contributed by atoms with Crippen LogP contribution in [0.5, 0.6) is 0 Å². The summed E-state index contributed by atoms with van der Waals surface area (Å²) in [5.74, 6) is -0.226. The molecule has 0 heterocycles. The first-order chi connectivity index (χ1) is 5.66. The molecule has 1 N–H and O–H groups in total. The van der Waals surface area contributed by atoms with Gasteiger partial charge in [0.1, 0.15) is 0 Å². The molecule has 12 heavy (non-hydrogen) atoms. The Morgan fingerprint density at radius 3 is 2.92 bits per heavy atom. The molecule has 0 saturated heterocycles. The number of carbonyl (C=O) groups excluding carboxylic acids is 1. The smallest absolute Gasteiger partial charge is 0.306 e. The standard InChI is InChI=1S/C9H16O3/c1-3-4-5-9(11)12-7-6-8(2)10/h3,8,10H,1,4-7H2,2H3. The van der Waals surface area contributed by atoms with Gasteiger partial charge in [0.05, 0.1) is 12.7 Å². The Kier molecular flexibility index (Phi) is 6.38. The van der Waals surface area contributed by atoms with Gasteiger partial charge in [0.15, 0.2) is 0 Å². The predicted molar refractivity (Wildman–Crippen MR) is 46.7 cm³/mol. The maximum atomic E-state index is 10.8. The van der Waals surface area contributed by atoms with Crippen LogP contribution in [0, 0.1) is 0 Å². The number of ether oxygens (including phenoxy) is 1. The van der Waals surface area contributed by atoms with Crippen molar-refractivity contribution in [3.05, 3.63) is 12.7 Å². The maximum Gasteiger partial charge on any atom is 0.306 e. The monoisotopic (exact) mass is 172 g/mol. The fraction of sp³-hybridized carbons (Fsp3) is 0.667. The van der Waals surface area contributed by atoms with Gasteiger partial charge in [-0.1, -0.05) is 6.08 Å². The lowest BCUT2D eigenvalue weighted by Gasteiger charge is -2.04. The van der Waals surface area contributed by atoms with Gasteiger partial charge in [-0.2, -0.15) is 0 Å². The molecule has 0 bridgehead atoms. The number of allylic oxidation sites excluding steroid dienone is 1. The van der Waals surface area contributed by atoms with Gasteiger partial charge < -0.3 is 9.84 Å². The highest BCUT2D eigenvalue weighted by molar-refractivity contribution is 5.69. The van der Waals surface area contributed by atoms with Gasteiger partial charge in [0.2, 0.25) is 0 Å². The van der Waals surface area contributed by atoms with Crippen LogP contribution in [0.25, 0.3) is 0 Å². The van der Waals surface area contributed by atoms with Crippen molar-refractivity contribution in [1.29, 1.82) is 0 Å². The molecule has 0 rings (SSSR count). The van der Waals surface area contributed by atoms with Crippen molar-refractivity contribution in [3.63, 3.8) is 0 Å². The van der Waals surface area contributed by atoms with E-state index in [0.29, 0.717) is 25.9 Å². The van der Waals surface area contributed by atoms with E-state index < -0.39 is 6.10 Å². The second-order valence-corrected chi connectivity index (χ2v) is 2.69. The normalized spacial score (nSPS) is 12.2. The van der Waals surface area contributed by atoms with Crippen molar-refractivity contribution in [2.24, 2.45) is 0 Å². The highest BCUT2D eigenvalue weighted by Crippen LogP contribution is 1.96. The van der Waals surface area contributed by atoms with Crippen LogP contribution < -0.4 is 0 Å². The molecule has 0 fully saturated rings. The Morgan fingerprint density at radius 1 is 1.75 bits per heavy atom. The quantitative estimate of drug-likeness (QED) is 0.484. The maximum absolute atomic E-state index is 10.8. The molecule has 0 aromatic rings. The van der Waals surface area contributed by atoms with Crippen LogP contribution in [-0.4, -0.2) is 23.8 Å². The predicted octanol–water partition coefficient (Wildman–Crippen LogP) is 1.27. The van der Waals surface area contributed by atoms with Crippen molar-refractivity contribution in [2.45, 2.75) is 32.3 Å². The van der Waals surface area contributed by atoms with Crippen LogP contribution in [0.2, 0.25) is 0 Å². The molecule has 0 aromatic carbocycles. The average Bonchev–Trinajstić information content (AvgIpc) is 2.00. The van der Waals surface area contributed by atoms with Gasteiger partial charge in [-0.15, -0.1) is 6.58 Å². The van der Waals surface area contributed by atoms with E-state index in [-0.39, 0.29) is 5.97 Å². The molecule has 0 saturated carbocycles. The third-order valence-electron chi connectivity index (χ3n) is 1.35. The van der Waals surface area contributed by atoms with E-state index in [1.165, 1.54) is 0 Å². The second kappa shape index (κ2) is 6.85. The molecule has 1 unspecified atom stereocenters. The fourth-order valence-corrected chi connectivity index (χ4v) is 0.635. The molecule has 3 heteroatoms. The molecule has 70 valence electrons. The van der Waals surface area contributed by atoms with Crippen molar-refractivity contribution < 1.29 is 14.6 Å². The number of hydrogen-bond acceptors (Lipinski definition) is 3. The minimum atomic E-state index is -0.405.